The first kappa shape index (κ1) is 9.65. The van der Waals surface area contributed by atoms with E-state index in [9.17, 15) is 0 Å². The molecule has 3 nitrogen and oxygen atoms in total. The smallest absolute Gasteiger partial charge is 0.213 e. The van der Waals surface area contributed by atoms with Crippen molar-refractivity contribution in [1.29, 1.82) is 0 Å². The summed E-state index contributed by atoms with van der Waals surface area (Å²) in [4.78, 5) is 8.36. The molecule has 15 heavy (non-hydrogen) atoms. The first-order valence-electron chi connectivity index (χ1n) is 4.72. The Morgan fingerprint density at radius 1 is 1.07 bits per heavy atom. The van der Waals surface area contributed by atoms with Crippen LogP contribution in [0.15, 0.2) is 36.7 Å². The predicted octanol–water partition coefficient (Wildman–Crippen LogP) is 2.46. The number of pyridine rings is 2. The van der Waals surface area contributed by atoms with Crippen molar-refractivity contribution in [2.24, 2.45) is 0 Å². The minimum absolute atomic E-state index is 0.607. The number of methoxy groups -OCH3 is 1. The summed E-state index contributed by atoms with van der Waals surface area (Å²) in [7, 11) is 1.61. The van der Waals surface area contributed by atoms with Crippen molar-refractivity contribution in [3.8, 4) is 17.1 Å². The Balaban J connectivity index is 2.44. The average Bonchev–Trinajstić information content (AvgIpc) is 2.29. The van der Waals surface area contributed by atoms with Gasteiger partial charge in [0.2, 0.25) is 5.88 Å². The summed E-state index contributed by atoms with van der Waals surface area (Å²) in [6.07, 6.45) is 3.52. The maximum Gasteiger partial charge on any atom is 0.213 e. The molecule has 0 aromatic carbocycles. The lowest BCUT2D eigenvalue weighted by Gasteiger charge is -2.03. The van der Waals surface area contributed by atoms with E-state index in [0.29, 0.717) is 5.88 Å². The van der Waals surface area contributed by atoms with Crippen LogP contribution in [-0.4, -0.2) is 17.1 Å². The van der Waals surface area contributed by atoms with Crippen LogP contribution in [0.1, 0.15) is 5.56 Å². The lowest BCUT2D eigenvalue weighted by molar-refractivity contribution is 0.398. The minimum Gasteiger partial charge on any atom is -0.481 e. The molecule has 3 heteroatoms. The summed E-state index contributed by atoms with van der Waals surface area (Å²) >= 11 is 0. The fourth-order valence-electron chi connectivity index (χ4n) is 1.37. The van der Waals surface area contributed by atoms with Crippen LogP contribution in [0.25, 0.3) is 11.3 Å². The monoisotopic (exact) mass is 200 g/mol. The maximum atomic E-state index is 5.07. The van der Waals surface area contributed by atoms with Gasteiger partial charge >= 0.3 is 0 Å². The third-order valence-electron chi connectivity index (χ3n) is 2.16. The first-order valence-corrected chi connectivity index (χ1v) is 4.72. The van der Waals surface area contributed by atoms with E-state index in [1.807, 2.05) is 31.2 Å². The summed E-state index contributed by atoms with van der Waals surface area (Å²) in [5.74, 6) is 0.607. The fraction of sp³-hybridized carbons (Fsp3) is 0.167. The lowest BCUT2D eigenvalue weighted by Crippen LogP contribution is -1.89. The number of aromatic nitrogens is 2. The number of aryl methyl sites for hydroxylation is 1. The molecule has 2 aromatic rings. The van der Waals surface area contributed by atoms with Crippen molar-refractivity contribution in [3.05, 3.63) is 42.2 Å². The van der Waals surface area contributed by atoms with Crippen molar-refractivity contribution >= 4 is 0 Å². The van der Waals surface area contributed by atoms with Gasteiger partial charge in [0.05, 0.1) is 12.8 Å². The third kappa shape index (κ3) is 2.13. The van der Waals surface area contributed by atoms with Crippen molar-refractivity contribution < 1.29 is 4.74 Å². The highest BCUT2D eigenvalue weighted by Gasteiger charge is 2.01. The molecule has 0 atom stereocenters. The van der Waals surface area contributed by atoms with Gasteiger partial charge in [-0.15, -0.1) is 0 Å². The van der Waals surface area contributed by atoms with Gasteiger partial charge in [0.15, 0.2) is 0 Å². The molecule has 0 aliphatic carbocycles. The predicted molar refractivity (Wildman–Crippen MR) is 58.8 cm³/mol. The molecule has 0 bridgehead atoms. The molecule has 0 aliphatic rings. The summed E-state index contributed by atoms with van der Waals surface area (Å²) < 4.78 is 5.07. The van der Waals surface area contributed by atoms with Gasteiger partial charge in [-0.05, 0) is 30.7 Å². The van der Waals surface area contributed by atoms with Gasteiger partial charge in [-0.25, -0.2) is 4.98 Å². The zero-order chi connectivity index (χ0) is 10.7. The Bertz CT molecular complexity index is 469. The van der Waals surface area contributed by atoms with Crippen LogP contribution in [-0.2, 0) is 0 Å². The second-order valence-corrected chi connectivity index (χ2v) is 3.31. The molecule has 2 aromatic heterocycles. The third-order valence-corrected chi connectivity index (χ3v) is 2.16. The van der Waals surface area contributed by atoms with E-state index in [1.165, 1.54) is 5.56 Å². The zero-order valence-corrected chi connectivity index (χ0v) is 8.77. The van der Waals surface area contributed by atoms with Gasteiger partial charge in [0, 0.05) is 24.0 Å². The highest BCUT2D eigenvalue weighted by molar-refractivity contribution is 5.60. The Hall–Kier alpha value is -1.90. The highest BCUT2D eigenvalue weighted by atomic mass is 16.5. The molecule has 0 radical (unpaired) electrons. The fourth-order valence-corrected chi connectivity index (χ4v) is 1.37. The molecule has 0 saturated heterocycles. The van der Waals surface area contributed by atoms with Crippen LogP contribution in [0.2, 0.25) is 0 Å². The van der Waals surface area contributed by atoms with E-state index < -0.39 is 0 Å². The molecule has 0 aliphatic heterocycles. The summed E-state index contributed by atoms with van der Waals surface area (Å²) in [5.41, 5.74) is 3.15. The normalized spacial score (nSPS) is 10.0. The van der Waals surface area contributed by atoms with Crippen LogP contribution in [0.3, 0.4) is 0 Å². The standard InChI is InChI=1S/C12H12N2O/c1-9-3-5-13-11(7-9)10-4-6-14-12(8-10)15-2/h3-8H,1-2H3. The Kier molecular flexibility index (Phi) is 2.63. The van der Waals surface area contributed by atoms with Crippen LogP contribution in [0, 0.1) is 6.92 Å². The Morgan fingerprint density at radius 3 is 2.60 bits per heavy atom. The summed E-state index contributed by atoms with van der Waals surface area (Å²) in [5, 5.41) is 0. The van der Waals surface area contributed by atoms with Crippen molar-refractivity contribution in [2.75, 3.05) is 7.11 Å². The molecule has 76 valence electrons. The van der Waals surface area contributed by atoms with Gasteiger partial charge in [0.25, 0.3) is 0 Å². The summed E-state index contributed by atoms with van der Waals surface area (Å²) in [6, 6.07) is 7.81. The maximum absolute atomic E-state index is 5.07. The second kappa shape index (κ2) is 4.09. The number of ether oxygens (including phenoxy) is 1. The van der Waals surface area contributed by atoms with Gasteiger partial charge < -0.3 is 4.74 Å². The topological polar surface area (TPSA) is 35.0 Å². The van der Waals surface area contributed by atoms with Gasteiger partial charge in [-0.3, -0.25) is 4.98 Å². The number of hydrogen-bond acceptors (Lipinski definition) is 3. The molecule has 0 unspecified atom stereocenters. The van der Waals surface area contributed by atoms with Crippen LogP contribution < -0.4 is 4.74 Å². The lowest BCUT2D eigenvalue weighted by atomic mass is 10.1. The van der Waals surface area contributed by atoms with E-state index in [2.05, 4.69) is 9.97 Å². The molecular weight excluding hydrogens is 188 g/mol. The van der Waals surface area contributed by atoms with Gasteiger partial charge in [0.1, 0.15) is 0 Å². The molecule has 2 heterocycles. The number of rotatable bonds is 2. The Labute approximate surface area is 88.8 Å². The summed E-state index contributed by atoms with van der Waals surface area (Å²) in [6.45, 7) is 2.05. The van der Waals surface area contributed by atoms with Crippen LogP contribution >= 0.6 is 0 Å². The van der Waals surface area contributed by atoms with Crippen molar-refractivity contribution in [1.82, 2.24) is 9.97 Å². The van der Waals surface area contributed by atoms with E-state index in [4.69, 9.17) is 4.74 Å². The van der Waals surface area contributed by atoms with Gasteiger partial charge in [-0.1, -0.05) is 0 Å². The first-order chi connectivity index (χ1) is 7.29. The molecule has 0 N–H and O–H groups in total. The largest absolute Gasteiger partial charge is 0.481 e. The van der Waals surface area contributed by atoms with E-state index in [0.717, 1.165) is 11.3 Å². The van der Waals surface area contributed by atoms with E-state index in [-0.39, 0.29) is 0 Å². The van der Waals surface area contributed by atoms with Crippen LogP contribution in [0.5, 0.6) is 5.88 Å². The molecule has 0 amide bonds. The minimum atomic E-state index is 0.607. The van der Waals surface area contributed by atoms with Crippen LogP contribution in [0.4, 0.5) is 0 Å². The molecule has 0 spiro atoms. The highest BCUT2D eigenvalue weighted by Crippen LogP contribution is 2.20. The molecule has 2 rings (SSSR count). The molecular formula is C12H12N2O. The van der Waals surface area contributed by atoms with Gasteiger partial charge in [-0.2, -0.15) is 0 Å². The SMILES string of the molecule is COc1cc(-c2cc(C)ccn2)ccn1. The Morgan fingerprint density at radius 2 is 1.87 bits per heavy atom. The van der Waals surface area contributed by atoms with Crippen molar-refractivity contribution in [2.45, 2.75) is 6.92 Å². The zero-order valence-electron chi connectivity index (χ0n) is 8.77. The molecule has 0 saturated carbocycles. The van der Waals surface area contributed by atoms with E-state index >= 15 is 0 Å². The second-order valence-electron chi connectivity index (χ2n) is 3.31. The quantitative estimate of drug-likeness (QED) is 0.747. The average molecular weight is 200 g/mol. The van der Waals surface area contributed by atoms with Crippen molar-refractivity contribution in [3.63, 3.8) is 0 Å². The number of nitrogens with zero attached hydrogens (tertiary/aromatic N) is 2. The van der Waals surface area contributed by atoms with E-state index in [1.54, 1.807) is 19.5 Å². The number of hydrogen-bond donors (Lipinski definition) is 0. The molecule has 0 fully saturated rings.